The molecule has 2 rings (SSSR count). The van der Waals surface area contributed by atoms with Crippen molar-refractivity contribution < 1.29 is 8.78 Å². The van der Waals surface area contributed by atoms with Crippen LogP contribution >= 0.6 is 11.6 Å². The molecule has 0 bridgehead atoms. The summed E-state index contributed by atoms with van der Waals surface area (Å²) in [4.78, 5) is 0. The first kappa shape index (κ1) is 13.8. The highest BCUT2D eigenvalue weighted by molar-refractivity contribution is 6.32. The van der Waals surface area contributed by atoms with Crippen molar-refractivity contribution in [1.82, 2.24) is 25.5 Å². The van der Waals surface area contributed by atoms with E-state index in [4.69, 9.17) is 11.6 Å². The minimum absolute atomic E-state index is 0.0622. The summed E-state index contributed by atoms with van der Waals surface area (Å²) in [5, 5.41) is 14.1. The lowest BCUT2D eigenvalue weighted by Gasteiger charge is -2.13. The van der Waals surface area contributed by atoms with Gasteiger partial charge in [-0.3, -0.25) is 0 Å². The van der Waals surface area contributed by atoms with Gasteiger partial charge in [-0.15, -0.1) is 5.10 Å². The molecule has 0 radical (unpaired) electrons. The molecule has 1 unspecified atom stereocenters. The molecule has 1 aromatic carbocycles. The quantitative estimate of drug-likeness (QED) is 0.937. The molecule has 1 heterocycles. The average molecular weight is 288 g/mol. The molecule has 102 valence electrons. The molecular formula is C11H12ClF2N5. The molecule has 8 heteroatoms. The number of nitrogens with zero attached hydrogens (tertiary/aromatic N) is 4. The number of tetrazole rings is 1. The number of aromatic nitrogens is 4. The zero-order valence-electron chi connectivity index (χ0n) is 10.4. The van der Waals surface area contributed by atoms with Crippen molar-refractivity contribution >= 4 is 11.6 Å². The lowest BCUT2D eigenvalue weighted by molar-refractivity contribution is 0.535. The molecule has 19 heavy (non-hydrogen) atoms. The second-order valence-corrected chi connectivity index (χ2v) is 4.35. The summed E-state index contributed by atoms with van der Waals surface area (Å²) in [7, 11) is 0. The fraction of sp³-hybridized carbons (Fsp3) is 0.364. The predicted molar refractivity (Wildman–Crippen MR) is 66.2 cm³/mol. The molecule has 0 saturated carbocycles. The fourth-order valence-corrected chi connectivity index (χ4v) is 2.03. The molecule has 0 saturated heterocycles. The topological polar surface area (TPSA) is 55.6 Å². The molecular weight excluding hydrogens is 276 g/mol. The number of hydrogen-bond acceptors (Lipinski definition) is 4. The number of rotatable bonds is 4. The molecule has 1 N–H and O–H groups in total. The van der Waals surface area contributed by atoms with E-state index in [1.54, 1.807) is 0 Å². The number of benzene rings is 1. The Morgan fingerprint density at radius 3 is 2.79 bits per heavy atom. The van der Waals surface area contributed by atoms with Gasteiger partial charge in [-0.25, -0.2) is 8.78 Å². The maximum atomic E-state index is 13.8. The van der Waals surface area contributed by atoms with Gasteiger partial charge in [0, 0.05) is 6.07 Å². The van der Waals surface area contributed by atoms with Gasteiger partial charge in [0.15, 0.2) is 11.6 Å². The van der Waals surface area contributed by atoms with Gasteiger partial charge < -0.3 is 5.32 Å². The zero-order chi connectivity index (χ0) is 14.0. The van der Waals surface area contributed by atoms with Gasteiger partial charge in [0.2, 0.25) is 0 Å². The van der Waals surface area contributed by atoms with Crippen LogP contribution in [0, 0.1) is 11.6 Å². The predicted octanol–water partition coefficient (Wildman–Crippen LogP) is 2.26. The van der Waals surface area contributed by atoms with E-state index in [1.165, 1.54) is 4.68 Å². The maximum absolute atomic E-state index is 13.8. The summed E-state index contributed by atoms with van der Waals surface area (Å²) >= 11 is 5.86. The van der Waals surface area contributed by atoms with E-state index in [9.17, 15) is 8.78 Å². The molecule has 0 aliphatic heterocycles. The lowest BCUT2D eigenvalue weighted by atomic mass is 10.2. The van der Waals surface area contributed by atoms with Crippen LogP contribution in [-0.4, -0.2) is 26.8 Å². The van der Waals surface area contributed by atoms with Crippen LogP contribution in [0.15, 0.2) is 12.1 Å². The summed E-state index contributed by atoms with van der Waals surface area (Å²) < 4.78 is 28.0. The second-order valence-electron chi connectivity index (χ2n) is 3.95. The maximum Gasteiger partial charge on any atom is 0.173 e. The third-order valence-electron chi connectivity index (χ3n) is 2.58. The van der Waals surface area contributed by atoms with Crippen molar-refractivity contribution in [1.29, 1.82) is 0 Å². The Hall–Kier alpha value is -1.60. The Kier molecular flexibility index (Phi) is 4.06. The van der Waals surface area contributed by atoms with E-state index < -0.39 is 11.6 Å². The molecule has 0 aliphatic carbocycles. The highest BCUT2D eigenvalue weighted by Gasteiger charge is 2.20. The van der Waals surface area contributed by atoms with Gasteiger partial charge in [-0.2, -0.15) is 4.68 Å². The second kappa shape index (κ2) is 5.58. The number of nitrogens with one attached hydrogen (secondary N) is 1. The highest BCUT2D eigenvalue weighted by atomic mass is 35.5. The summed E-state index contributed by atoms with van der Waals surface area (Å²) in [6.07, 6.45) is 0. The summed E-state index contributed by atoms with van der Waals surface area (Å²) in [6, 6.07) is 1.56. The third-order valence-corrected chi connectivity index (χ3v) is 2.87. The average Bonchev–Trinajstić information content (AvgIpc) is 2.77. The van der Waals surface area contributed by atoms with E-state index in [0.29, 0.717) is 12.4 Å². The van der Waals surface area contributed by atoms with E-state index in [-0.39, 0.29) is 16.8 Å². The number of halogens is 3. The molecule has 0 fully saturated rings. The molecule has 1 atom stereocenters. The van der Waals surface area contributed by atoms with Gasteiger partial charge in [0.25, 0.3) is 0 Å². The normalized spacial score (nSPS) is 12.7. The van der Waals surface area contributed by atoms with Crippen LogP contribution in [0.1, 0.15) is 25.7 Å². The number of hydrogen-bond donors (Lipinski definition) is 1. The third kappa shape index (κ3) is 2.71. The van der Waals surface area contributed by atoms with Crippen LogP contribution < -0.4 is 5.32 Å². The van der Waals surface area contributed by atoms with Crippen LogP contribution in [0.2, 0.25) is 5.02 Å². The van der Waals surface area contributed by atoms with Crippen molar-refractivity contribution in [3.63, 3.8) is 0 Å². The Balaban J connectivity index is 2.52. The summed E-state index contributed by atoms with van der Waals surface area (Å²) in [6.45, 7) is 4.46. The van der Waals surface area contributed by atoms with Crippen molar-refractivity contribution in [2.45, 2.75) is 19.9 Å². The molecule has 0 amide bonds. The minimum atomic E-state index is -0.817. The Labute approximate surface area is 113 Å². The molecule has 0 aliphatic rings. The van der Waals surface area contributed by atoms with E-state index in [1.807, 2.05) is 13.8 Å². The van der Waals surface area contributed by atoms with Crippen LogP contribution in [0.3, 0.4) is 0 Å². The molecule has 1 aromatic heterocycles. The monoisotopic (exact) mass is 287 g/mol. The molecule has 0 spiro atoms. The van der Waals surface area contributed by atoms with Gasteiger partial charge in [0.1, 0.15) is 11.5 Å². The fourth-order valence-electron chi connectivity index (χ4n) is 1.76. The van der Waals surface area contributed by atoms with Gasteiger partial charge >= 0.3 is 0 Å². The SMILES string of the molecule is CCNC(C)c1nnnn1-c1c(F)cc(F)cc1Cl. The molecule has 2 aromatic rings. The van der Waals surface area contributed by atoms with Crippen LogP contribution in [0.5, 0.6) is 0 Å². The highest BCUT2D eigenvalue weighted by Crippen LogP contribution is 2.26. The lowest BCUT2D eigenvalue weighted by Crippen LogP contribution is -2.22. The van der Waals surface area contributed by atoms with Crippen molar-refractivity contribution in [3.05, 3.63) is 34.6 Å². The van der Waals surface area contributed by atoms with E-state index in [0.717, 1.165) is 12.1 Å². The smallest absolute Gasteiger partial charge is 0.173 e. The first-order valence-corrected chi connectivity index (χ1v) is 6.09. The van der Waals surface area contributed by atoms with Gasteiger partial charge in [0.05, 0.1) is 11.1 Å². The van der Waals surface area contributed by atoms with Gasteiger partial charge in [-0.1, -0.05) is 18.5 Å². The van der Waals surface area contributed by atoms with Gasteiger partial charge in [-0.05, 0) is 30.0 Å². The van der Waals surface area contributed by atoms with Crippen molar-refractivity contribution in [3.8, 4) is 5.69 Å². The Morgan fingerprint density at radius 1 is 1.42 bits per heavy atom. The summed E-state index contributed by atoms with van der Waals surface area (Å²) in [5.41, 5.74) is -0.0622. The minimum Gasteiger partial charge on any atom is -0.308 e. The first-order valence-electron chi connectivity index (χ1n) is 5.71. The van der Waals surface area contributed by atoms with E-state index >= 15 is 0 Å². The van der Waals surface area contributed by atoms with Crippen LogP contribution in [-0.2, 0) is 0 Å². The zero-order valence-corrected chi connectivity index (χ0v) is 11.1. The van der Waals surface area contributed by atoms with Crippen molar-refractivity contribution in [2.24, 2.45) is 0 Å². The first-order chi connectivity index (χ1) is 9.04. The summed E-state index contributed by atoms with van der Waals surface area (Å²) in [5.74, 6) is -1.17. The van der Waals surface area contributed by atoms with Crippen LogP contribution in [0.4, 0.5) is 8.78 Å². The largest absolute Gasteiger partial charge is 0.308 e. The Morgan fingerprint density at radius 2 is 2.16 bits per heavy atom. The van der Waals surface area contributed by atoms with Crippen molar-refractivity contribution in [2.75, 3.05) is 6.54 Å². The van der Waals surface area contributed by atoms with E-state index in [2.05, 4.69) is 20.8 Å². The molecule has 5 nitrogen and oxygen atoms in total. The van der Waals surface area contributed by atoms with Crippen LogP contribution in [0.25, 0.3) is 5.69 Å². The Bertz CT molecular complexity index is 563. The standard InChI is InChI=1S/C11H12ClF2N5/c1-3-15-6(2)11-16-17-18-19(11)10-8(12)4-7(13)5-9(10)14/h4-6,15H,3H2,1-2H3.